The molecule has 1 aromatic rings. The van der Waals surface area contributed by atoms with Crippen molar-refractivity contribution in [2.75, 3.05) is 7.11 Å². The number of aryl methyl sites for hydroxylation is 1. The molecule has 1 saturated carbocycles. The van der Waals surface area contributed by atoms with E-state index in [1.54, 1.807) is 7.11 Å². The number of hydrogen-bond donors (Lipinski definition) is 0. The van der Waals surface area contributed by atoms with Crippen molar-refractivity contribution >= 4 is 16.6 Å². The Kier molecular flexibility index (Phi) is 9.30. The highest BCUT2D eigenvalue weighted by Gasteiger charge is 2.46. The van der Waals surface area contributed by atoms with Gasteiger partial charge in [-0.2, -0.15) is 0 Å². The summed E-state index contributed by atoms with van der Waals surface area (Å²) in [4.78, 5) is 0. The van der Waals surface area contributed by atoms with Gasteiger partial charge in [-0.05, 0) is 68.2 Å². The van der Waals surface area contributed by atoms with Gasteiger partial charge in [-0.1, -0.05) is 63.3 Å². The van der Waals surface area contributed by atoms with Gasteiger partial charge in [-0.3, -0.25) is 0 Å². The summed E-state index contributed by atoms with van der Waals surface area (Å²) in [6, 6.07) is 10.7. The Morgan fingerprint density at radius 2 is 1.77 bits per heavy atom. The Balaban J connectivity index is 1.83. The van der Waals surface area contributed by atoms with Gasteiger partial charge in [0.2, 0.25) is 8.32 Å². The predicted molar refractivity (Wildman–Crippen MR) is 150 cm³/mol. The zero-order chi connectivity index (χ0) is 25.9. The Labute approximate surface area is 216 Å². The third-order valence-electron chi connectivity index (χ3n) is 7.77. The van der Waals surface area contributed by atoms with Gasteiger partial charge >= 0.3 is 0 Å². The fourth-order valence-electron chi connectivity index (χ4n) is 4.69. The molecule has 1 saturated heterocycles. The zero-order valence-corrected chi connectivity index (χ0v) is 25.5. The lowest BCUT2D eigenvalue weighted by Gasteiger charge is -2.38. The van der Waals surface area contributed by atoms with E-state index >= 15 is 0 Å². The Bertz CT molecular complexity index is 867. The second-order valence-electron chi connectivity index (χ2n) is 12.7. The van der Waals surface area contributed by atoms with Crippen LogP contribution in [0.4, 0.5) is 0 Å². The summed E-state index contributed by atoms with van der Waals surface area (Å²) in [5, 5.41) is 0.172. The van der Waals surface area contributed by atoms with Crippen LogP contribution in [0.2, 0.25) is 37.8 Å². The van der Waals surface area contributed by atoms with Crippen molar-refractivity contribution in [3.05, 3.63) is 59.9 Å². The maximum absolute atomic E-state index is 6.94. The van der Waals surface area contributed by atoms with Crippen LogP contribution in [0.5, 0.6) is 0 Å². The summed E-state index contributed by atoms with van der Waals surface area (Å²) in [6.45, 7) is 18.3. The highest BCUT2D eigenvalue weighted by Crippen LogP contribution is 2.47. The second kappa shape index (κ2) is 11.5. The number of fused-ring (bicyclic) bond motifs is 1. The van der Waals surface area contributed by atoms with E-state index in [1.165, 1.54) is 11.1 Å². The molecule has 0 aromatic heterocycles. The Hall–Kier alpha value is -1.19. The van der Waals surface area contributed by atoms with Gasteiger partial charge in [0.1, 0.15) is 0 Å². The average molecular weight is 517 g/mol. The molecular weight excluding hydrogens is 468 g/mol. The average Bonchev–Trinajstić information content (AvgIpc) is 3.31. The molecule has 2 fully saturated rings. The largest absolute Gasteiger partial charge is 0.550 e. The molecular formula is C29H48O4Si2. The van der Waals surface area contributed by atoms with Gasteiger partial charge in [-0.15, -0.1) is 0 Å². The number of ether oxygens (including phenoxy) is 2. The van der Waals surface area contributed by atoms with Crippen molar-refractivity contribution in [1.29, 1.82) is 0 Å². The minimum atomic E-state index is -1.91. The summed E-state index contributed by atoms with van der Waals surface area (Å²) >= 11 is 0. The third-order valence-corrected chi connectivity index (χ3v) is 13.1. The van der Waals surface area contributed by atoms with Gasteiger partial charge < -0.3 is 18.3 Å². The van der Waals surface area contributed by atoms with Gasteiger partial charge in [-0.25, -0.2) is 0 Å². The quantitative estimate of drug-likeness (QED) is 0.181. The summed E-state index contributed by atoms with van der Waals surface area (Å²) in [6.07, 6.45) is 10.8. The molecule has 0 N–H and O–H groups in total. The smallest absolute Gasteiger partial charge is 0.241 e. The van der Waals surface area contributed by atoms with Gasteiger partial charge in [0, 0.05) is 25.4 Å². The molecule has 6 heteroatoms. The number of rotatable bonds is 10. The van der Waals surface area contributed by atoms with Crippen LogP contribution in [0, 0.1) is 11.8 Å². The van der Waals surface area contributed by atoms with Crippen LogP contribution >= 0.6 is 0 Å². The molecule has 2 aliphatic rings. The van der Waals surface area contributed by atoms with Crippen LogP contribution in [0.25, 0.3) is 0 Å². The van der Waals surface area contributed by atoms with Crippen LogP contribution in [-0.2, 0) is 24.7 Å². The molecule has 0 radical (unpaired) electrons. The van der Waals surface area contributed by atoms with Crippen LogP contribution < -0.4 is 0 Å². The maximum Gasteiger partial charge on any atom is 0.241 e. The van der Waals surface area contributed by atoms with Crippen molar-refractivity contribution in [1.82, 2.24) is 0 Å². The van der Waals surface area contributed by atoms with Crippen molar-refractivity contribution in [3.8, 4) is 0 Å². The first-order chi connectivity index (χ1) is 16.3. The fourth-order valence-corrected chi connectivity index (χ4v) is 6.50. The number of allylic oxidation sites excluding steroid dienone is 1. The maximum atomic E-state index is 6.94. The molecule has 5 atom stereocenters. The normalized spacial score (nSPS) is 27.5. The summed E-state index contributed by atoms with van der Waals surface area (Å²) in [5.74, 6) is 0.731. The second-order valence-corrected chi connectivity index (χ2v) is 21.9. The molecule has 0 amide bonds. The first-order valence-corrected chi connectivity index (χ1v) is 19.6. The molecule has 196 valence electrons. The molecule has 4 nitrogen and oxygen atoms in total. The molecule has 0 bridgehead atoms. The highest BCUT2D eigenvalue weighted by molar-refractivity contribution is 6.74. The minimum Gasteiger partial charge on any atom is -0.550 e. The number of benzene rings is 1. The first-order valence-electron chi connectivity index (χ1n) is 13.2. The molecule has 0 spiro atoms. The zero-order valence-electron chi connectivity index (χ0n) is 23.5. The lowest BCUT2D eigenvalue weighted by Crippen LogP contribution is -2.43. The monoisotopic (exact) mass is 516 g/mol. The first kappa shape index (κ1) is 28.4. The van der Waals surface area contributed by atoms with Crippen LogP contribution in [0.1, 0.15) is 45.6 Å². The topological polar surface area (TPSA) is 36.9 Å². The summed E-state index contributed by atoms with van der Waals surface area (Å²) in [5.41, 5.74) is 2.71. The summed E-state index contributed by atoms with van der Waals surface area (Å²) in [7, 11) is -1.81. The number of hydrogen-bond acceptors (Lipinski definition) is 4. The van der Waals surface area contributed by atoms with Crippen molar-refractivity contribution in [2.45, 2.75) is 103 Å². The molecule has 2 unspecified atom stereocenters. The molecule has 1 aliphatic carbocycles. The molecule has 1 aliphatic heterocycles. The van der Waals surface area contributed by atoms with E-state index in [2.05, 4.69) is 102 Å². The SMILES string of the molecule is COC1C[C@H]2[C@H](C/C(=C\O[Si](C)(C)C)[C@@H]2/C=C/C(CCc2ccccc2)O[Si](C)(C)C(C)(C)C)O1. The van der Waals surface area contributed by atoms with Crippen molar-refractivity contribution in [2.24, 2.45) is 11.8 Å². The van der Waals surface area contributed by atoms with E-state index in [-0.39, 0.29) is 23.5 Å². The van der Waals surface area contributed by atoms with Crippen LogP contribution in [0.15, 0.2) is 54.3 Å². The van der Waals surface area contributed by atoms with E-state index in [1.807, 2.05) is 0 Å². The molecule has 35 heavy (non-hydrogen) atoms. The minimum absolute atomic E-state index is 0.0925. The van der Waals surface area contributed by atoms with Crippen molar-refractivity contribution in [3.63, 3.8) is 0 Å². The highest BCUT2D eigenvalue weighted by atomic mass is 28.4. The van der Waals surface area contributed by atoms with Crippen LogP contribution in [-0.4, -0.2) is 42.2 Å². The van der Waals surface area contributed by atoms with Crippen molar-refractivity contribution < 1.29 is 18.3 Å². The van der Waals surface area contributed by atoms with Gasteiger partial charge in [0.05, 0.1) is 18.5 Å². The predicted octanol–water partition coefficient (Wildman–Crippen LogP) is 7.70. The van der Waals surface area contributed by atoms with E-state index in [0.717, 1.165) is 25.7 Å². The van der Waals surface area contributed by atoms with Crippen LogP contribution in [0.3, 0.4) is 0 Å². The Morgan fingerprint density at radius 3 is 2.37 bits per heavy atom. The number of methoxy groups -OCH3 is 1. The lowest BCUT2D eigenvalue weighted by molar-refractivity contribution is -0.113. The van der Waals surface area contributed by atoms with E-state index in [0.29, 0.717) is 11.8 Å². The van der Waals surface area contributed by atoms with E-state index in [4.69, 9.17) is 18.3 Å². The van der Waals surface area contributed by atoms with Gasteiger partial charge in [0.25, 0.3) is 0 Å². The standard InChI is InChI=1S/C29H48O4Si2/c1-29(2,3)35(8,9)33-24(16-15-22-13-11-10-12-14-22)17-18-25-23(21-31-34(5,6)7)19-27-26(25)20-28(30-4)32-27/h10-14,17-18,21,24-28H,15-16,19-20H2,1-9H3/b18-17+,23-21+/t24?,25-,26+,27-,28?/m0/s1. The van der Waals surface area contributed by atoms with Gasteiger partial charge in [0.15, 0.2) is 14.6 Å². The lowest BCUT2D eigenvalue weighted by atomic mass is 9.90. The molecule has 1 heterocycles. The van der Waals surface area contributed by atoms with E-state index in [9.17, 15) is 0 Å². The fraction of sp³-hybridized carbons (Fsp3) is 0.655. The summed E-state index contributed by atoms with van der Waals surface area (Å²) < 4.78 is 24.9. The Morgan fingerprint density at radius 1 is 1.09 bits per heavy atom. The third kappa shape index (κ3) is 7.90. The molecule has 3 rings (SSSR count). The molecule has 1 aromatic carbocycles. The van der Waals surface area contributed by atoms with E-state index < -0.39 is 16.6 Å².